The van der Waals surface area contributed by atoms with Crippen molar-refractivity contribution >= 4 is 29.1 Å². The summed E-state index contributed by atoms with van der Waals surface area (Å²) in [5.74, 6) is 0.341. The van der Waals surface area contributed by atoms with E-state index in [9.17, 15) is 4.79 Å². The average molecular weight is 378 g/mol. The van der Waals surface area contributed by atoms with E-state index < -0.39 is 0 Å². The number of rotatable bonds is 5. The van der Waals surface area contributed by atoms with Crippen LogP contribution in [0.25, 0.3) is 0 Å². The second kappa shape index (κ2) is 8.70. The first-order chi connectivity index (χ1) is 12.1. The molecule has 3 rings (SSSR count). The van der Waals surface area contributed by atoms with Crippen LogP contribution in [0.1, 0.15) is 28.8 Å². The van der Waals surface area contributed by atoms with Crippen LogP contribution in [0.5, 0.6) is 0 Å². The first-order valence-electron chi connectivity index (χ1n) is 8.49. The molecule has 1 aliphatic heterocycles. The van der Waals surface area contributed by atoms with E-state index in [4.69, 9.17) is 27.9 Å². The molecular weight excluding hydrogens is 357 g/mol. The quantitative estimate of drug-likeness (QED) is 0.728. The summed E-state index contributed by atoms with van der Waals surface area (Å²) >= 11 is 12.0. The molecule has 2 aromatic carbocycles. The number of likely N-dealkylation sites (tertiary alicyclic amines) is 1. The van der Waals surface area contributed by atoms with E-state index in [1.54, 1.807) is 18.2 Å². The average Bonchev–Trinajstić information content (AvgIpc) is 2.61. The molecule has 1 atom stereocenters. The van der Waals surface area contributed by atoms with Crippen molar-refractivity contribution in [3.63, 3.8) is 0 Å². The fourth-order valence-electron chi connectivity index (χ4n) is 3.16. The SMILES string of the molecule is O=C(c1cc(Cl)cc(Cl)c1)N1CCCC(COCc2ccccc2)C1. The zero-order valence-electron chi connectivity index (χ0n) is 14.0. The maximum Gasteiger partial charge on any atom is 0.253 e. The standard InChI is InChI=1S/C20H21Cl2NO2/c21-18-9-17(10-19(22)11-18)20(24)23-8-4-7-16(12-23)14-25-13-15-5-2-1-3-6-15/h1-3,5-6,9-11,16H,4,7-8,12-14H2. The van der Waals surface area contributed by atoms with Crippen LogP contribution in [0.3, 0.4) is 0 Å². The molecule has 1 heterocycles. The van der Waals surface area contributed by atoms with E-state index in [-0.39, 0.29) is 5.91 Å². The summed E-state index contributed by atoms with van der Waals surface area (Å²) in [6, 6.07) is 15.1. The lowest BCUT2D eigenvalue weighted by Crippen LogP contribution is -2.41. The van der Waals surface area contributed by atoms with Crippen molar-refractivity contribution in [1.29, 1.82) is 0 Å². The highest BCUT2D eigenvalue weighted by Crippen LogP contribution is 2.23. The van der Waals surface area contributed by atoms with E-state index in [1.165, 1.54) is 5.56 Å². The fraction of sp³-hybridized carbons (Fsp3) is 0.350. The molecule has 5 heteroatoms. The molecule has 0 aromatic heterocycles. The van der Waals surface area contributed by atoms with Gasteiger partial charge in [0.05, 0.1) is 13.2 Å². The van der Waals surface area contributed by atoms with E-state index in [0.717, 1.165) is 19.4 Å². The third kappa shape index (κ3) is 5.21. The minimum atomic E-state index is -0.0165. The molecule has 132 valence electrons. The highest BCUT2D eigenvalue weighted by Gasteiger charge is 2.25. The van der Waals surface area contributed by atoms with Gasteiger partial charge >= 0.3 is 0 Å². The summed E-state index contributed by atoms with van der Waals surface area (Å²) in [5.41, 5.74) is 1.71. The number of ether oxygens (including phenoxy) is 1. The van der Waals surface area contributed by atoms with Crippen LogP contribution in [-0.4, -0.2) is 30.5 Å². The minimum absolute atomic E-state index is 0.0165. The lowest BCUT2D eigenvalue weighted by Gasteiger charge is -2.32. The van der Waals surface area contributed by atoms with Crippen molar-refractivity contribution < 1.29 is 9.53 Å². The number of halogens is 2. The molecule has 1 aliphatic rings. The number of nitrogens with zero attached hydrogens (tertiary/aromatic N) is 1. The molecule has 1 unspecified atom stereocenters. The first-order valence-corrected chi connectivity index (χ1v) is 9.24. The highest BCUT2D eigenvalue weighted by molar-refractivity contribution is 6.35. The van der Waals surface area contributed by atoms with Gasteiger partial charge in [0.2, 0.25) is 0 Å². The molecule has 0 aliphatic carbocycles. The molecule has 0 saturated carbocycles. The Labute approximate surface area is 158 Å². The first kappa shape index (κ1) is 18.2. The van der Waals surface area contributed by atoms with Crippen molar-refractivity contribution in [2.45, 2.75) is 19.4 Å². The lowest BCUT2D eigenvalue weighted by atomic mass is 9.98. The van der Waals surface area contributed by atoms with Crippen molar-refractivity contribution in [3.05, 3.63) is 69.7 Å². The number of amides is 1. The van der Waals surface area contributed by atoms with Crippen molar-refractivity contribution in [3.8, 4) is 0 Å². The zero-order chi connectivity index (χ0) is 17.6. The molecule has 2 aromatic rings. The topological polar surface area (TPSA) is 29.5 Å². The van der Waals surface area contributed by atoms with Crippen LogP contribution in [0.4, 0.5) is 0 Å². The van der Waals surface area contributed by atoms with Crippen LogP contribution in [-0.2, 0) is 11.3 Å². The van der Waals surface area contributed by atoms with Gasteiger partial charge in [-0.25, -0.2) is 0 Å². The number of carbonyl (C=O) groups excluding carboxylic acids is 1. The second-order valence-electron chi connectivity index (χ2n) is 6.42. The van der Waals surface area contributed by atoms with Crippen molar-refractivity contribution in [2.75, 3.05) is 19.7 Å². The van der Waals surface area contributed by atoms with Crippen LogP contribution in [0.15, 0.2) is 48.5 Å². The summed E-state index contributed by atoms with van der Waals surface area (Å²) in [6.45, 7) is 2.74. The van der Waals surface area contributed by atoms with Gasteiger partial charge in [0.1, 0.15) is 0 Å². The summed E-state index contributed by atoms with van der Waals surface area (Å²) in [4.78, 5) is 14.6. The monoisotopic (exact) mass is 377 g/mol. The smallest absolute Gasteiger partial charge is 0.253 e. The number of piperidine rings is 1. The predicted octanol–water partition coefficient (Wildman–Crippen LogP) is 5.06. The van der Waals surface area contributed by atoms with Gasteiger partial charge in [-0.15, -0.1) is 0 Å². The van der Waals surface area contributed by atoms with Crippen LogP contribution < -0.4 is 0 Å². The summed E-state index contributed by atoms with van der Waals surface area (Å²) < 4.78 is 5.85. The van der Waals surface area contributed by atoms with Gasteiger partial charge in [0, 0.05) is 28.7 Å². The van der Waals surface area contributed by atoms with E-state index in [2.05, 4.69) is 12.1 Å². The minimum Gasteiger partial charge on any atom is -0.376 e. The van der Waals surface area contributed by atoms with Gasteiger partial charge in [0.25, 0.3) is 5.91 Å². The molecule has 1 fully saturated rings. The third-order valence-electron chi connectivity index (χ3n) is 4.38. The lowest BCUT2D eigenvalue weighted by molar-refractivity contribution is 0.0425. The van der Waals surface area contributed by atoms with Crippen LogP contribution in [0.2, 0.25) is 10.0 Å². The fourth-order valence-corrected chi connectivity index (χ4v) is 3.69. The third-order valence-corrected chi connectivity index (χ3v) is 4.82. The maximum absolute atomic E-state index is 12.7. The maximum atomic E-state index is 12.7. The molecule has 1 saturated heterocycles. The summed E-state index contributed by atoms with van der Waals surface area (Å²) in [6.07, 6.45) is 2.06. The Balaban J connectivity index is 1.54. The number of hydrogen-bond donors (Lipinski definition) is 0. The Morgan fingerprint density at radius 1 is 1.12 bits per heavy atom. The molecule has 0 bridgehead atoms. The Bertz CT molecular complexity index is 701. The molecule has 3 nitrogen and oxygen atoms in total. The second-order valence-corrected chi connectivity index (χ2v) is 7.29. The Morgan fingerprint density at radius 2 is 1.84 bits per heavy atom. The normalized spacial score (nSPS) is 17.5. The zero-order valence-corrected chi connectivity index (χ0v) is 15.5. The Morgan fingerprint density at radius 3 is 2.56 bits per heavy atom. The molecule has 0 spiro atoms. The summed E-state index contributed by atoms with van der Waals surface area (Å²) in [7, 11) is 0. The highest BCUT2D eigenvalue weighted by atomic mass is 35.5. The number of hydrogen-bond acceptors (Lipinski definition) is 2. The molecule has 0 N–H and O–H groups in total. The summed E-state index contributed by atoms with van der Waals surface area (Å²) in [5, 5.41) is 0.964. The van der Waals surface area contributed by atoms with Crippen LogP contribution >= 0.6 is 23.2 Å². The largest absolute Gasteiger partial charge is 0.376 e. The van der Waals surface area contributed by atoms with Gasteiger partial charge in [-0.2, -0.15) is 0 Å². The van der Waals surface area contributed by atoms with Gasteiger partial charge in [-0.1, -0.05) is 53.5 Å². The van der Waals surface area contributed by atoms with Crippen LogP contribution in [0, 0.1) is 5.92 Å². The van der Waals surface area contributed by atoms with Crippen molar-refractivity contribution in [1.82, 2.24) is 4.90 Å². The van der Waals surface area contributed by atoms with E-state index in [0.29, 0.717) is 41.3 Å². The Hall–Kier alpha value is -1.55. The molecular formula is C20H21Cl2NO2. The van der Waals surface area contributed by atoms with Gasteiger partial charge in [-0.3, -0.25) is 4.79 Å². The van der Waals surface area contributed by atoms with E-state index >= 15 is 0 Å². The Kier molecular flexibility index (Phi) is 6.35. The molecule has 25 heavy (non-hydrogen) atoms. The van der Waals surface area contributed by atoms with Gasteiger partial charge < -0.3 is 9.64 Å². The number of carbonyl (C=O) groups is 1. The van der Waals surface area contributed by atoms with Gasteiger partial charge in [0.15, 0.2) is 0 Å². The molecule has 0 radical (unpaired) electrons. The van der Waals surface area contributed by atoms with Crippen molar-refractivity contribution in [2.24, 2.45) is 5.92 Å². The molecule has 1 amide bonds. The predicted molar refractivity (Wildman–Crippen MR) is 101 cm³/mol. The van der Waals surface area contributed by atoms with Gasteiger partial charge in [-0.05, 0) is 42.5 Å². The number of benzene rings is 2. The van der Waals surface area contributed by atoms with E-state index in [1.807, 2.05) is 23.1 Å².